The molecule has 0 saturated carbocycles. The molecule has 4 nitrogen and oxygen atoms in total. The first-order valence-electron chi connectivity index (χ1n) is 7.79. The van der Waals surface area contributed by atoms with Crippen molar-refractivity contribution in [1.29, 1.82) is 0 Å². The average molecular weight is 315 g/mol. The summed E-state index contributed by atoms with van der Waals surface area (Å²) >= 11 is 0. The lowest BCUT2D eigenvalue weighted by Crippen LogP contribution is -2.32. The number of hydrogen-bond donors (Lipinski definition) is 1. The fourth-order valence-corrected chi connectivity index (χ4v) is 1.76. The molecule has 0 unspecified atom stereocenters. The second kappa shape index (κ2) is 8.38. The predicted molar refractivity (Wildman–Crippen MR) is 91.3 cm³/mol. The Labute approximate surface area is 138 Å². The van der Waals surface area contributed by atoms with E-state index in [1.54, 1.807) is 12.1 Å². The molecule has 0 saturated heterocycles. The van der Waals surface area contributed by atoms with Crippen LogP contribution in [0.2, 0.25) is 0 Å². The summed E-state index contributed by atoms with van der Waals surface area (Å²) in [5.41, 5.74) is 1.06. The molecular formula is C19H25NO3. The van der Waals surface area contributed by atoms with Gasteiger partial charge in [0.2, 0.25) is 0 Å². The SMILES string of the molecule is CC(C)C(=O)c1ccc(C#CCCNC(=O)OC(C)(C)C)cc1. The third-order valence-corrected chi connectivity index (χ3v) is 2.84. The lowest BCUT2D eigenvalue weighted by molar-refractivity contribution is 0.0529. The number of alkyl carbamates (subject to hydrolysis) is 1. The molecule has 0 bridgehead atoms. The highest BCUT2D eigenvalue weighted by molar-refractivity contribution is 5.97. The minimum atomic E-state index is -0.495. The number of hydrogen-bond acceptors (Lipinski definition) is 3. The maximum absolute atomic E-state index is 11.8. The van der Waals surface area contributed by atoms with Gasteiger partial charge in [-0.2, -0.15) is 0 Å². The Kier molecular flexibility index (Phi) is 6.84. The van der Waals surface area contributed by atoms with Crippen LogP contribution >= 0.6 is 0 Å². The van der Waals surface area contributed by atoms with Crippen LogP contribution in [0.3, 0.4) is 0 Å². The van der Waals surface area contributed by atoms with Gasteiger partial charge < -0.3 is 10.1 Å². The van der Waals surface area contributed by atoms with E-state index in [0.29, 0.717) is 18.5 Å². The minimum absolute atomic E-state index is 0.00846. The van der Waals surface area contributed by atoms with Crippen molar-refractivity contribution in [2.75, 3.05) is 6.54 Å². The van der Waals surface area contributed by atoms with Gasteiger partial charge in [0.05, 0.1) is 0 Å². The predicted octanol–water partition coefficient (Wildman–Crippen LogP) is 3.79. The van der Waals surface area contributed by atoms with Gasteiger partial charge in [0.1, 0.15) is 5.60 Å². The van der Waals surface area contributed by atoms with Crippen molar-refractivity contribution in [3.63, 3.8) is 0 Å². The van der Waals surface area contributed by atoms with Crippen molar-refractivity contribution in [3.05, 3.63) is 35.4 Å². The number of carbonyl (C=O) groups is 2. The van der Waals surface area contributed by atoms with Gasteiger partial charge in [0, 0.05) is 30.0 Å². The molecule has 1 aromatic carbocycles. The summed E-state index contributed by atoms with van der Waals surface area (Å²) in [4.78, 5) is 23.3. The van der Waals surface area contributed by atoms with Gasteiger partial charge in [-0.15, -0.1) is 0 Å². The van der Waals surface area contributed by atoms with Crippen LogP contribution in [0.25, 0.3) is 0 Å². The van der Waals surface area contributed by atoms with Crippen molar-refractivity contribution in [3.8, 4) is 11.8 Å². The van der Waals surface area contributed by atoms with Crippen molar-refractivity contribution in [1.82, 2.24) is 5.32 Å². The minimum Gasteiger partial charge on any atom is -0.444 e. The fraction of sp³-hybridized carbons (Fsp3) is 0.474. The first-order chi connectivity index (χ1) is 10.7. The molecule has 0 radical (unpaired) electrons. The van der Waals surface area contributed by atoms with E-state index in [1.165, 1.54) is 0 Å². The van der Waals surface area contributed by atoms with Gasteiger partial charge in [0.15, 0.2) is 5.78 Å². The van der Waals surface area contributed by atoms with Gasteiger partial charge >= 0.3 is 6.09 Å². The molecule has 1 N–H and O–H groups in total. The highest BCUT2D eigenvalue weighted by atomic mass is 16.6. The molecular weight excluding hydrogens is 290 g/mol. The average Bonchev–Trinajstić information content (AvgIpc) is 2.45. The molecule has 0 aliphatic rings. The Bertz CT molecular complexity index is 598. The summed E-state index contributed by atoms with van der Waals surface area (Å²) in [7, 11) is 0. The standard InChI is InChI=1S/C19H25NO3/c1-14(2)17(21)16-11-9-15(10-12-16)8-6-7-13-20-18(22)23-19(3,4)5/h9-12,14H,7,13H2,1-5H3,(H,20,22). The smallest absolute Gasteiger partial charge is 0.407 e. The second-order valence-corrected chi connectivity index (χ2v) is 6.58. The fourth-order valence-electron chi connectivity index (χ4n) is 1.76. The Morgan fingerprint density at radius 2 is 1.78 bits per heavy atom. The van der Waals surface area contributed by atoms with E-state index in [2.05, 4.69) is 17.2 Å². The molecule has 4 heteroatoms. The number of amides is 1. The van der Waals surface area contributed by atoms with Crippen LogP contribution < -0.4 is 5.32 Å². The summed E-state index contributed by atoms with van der Waals surface area (Å²) < 4.78 is 5.13. The highest BCUT2D eigenvalue weighted by Crippen LogP contribution is 2.09. The Balaban J connectivity index is 2.43. The van der Waals surface area contributed by atoms with Crippen LogP contribution in [0.4, 0.5) is 4.79 Å². The first-order valence-corrected chi connectivity index (χ1v) is 7.79. The lowest BCUT2D eigenvalue weighted by atomic mass is 10.0. The summed E-state index contributed by atoms with van der Waals surface area (Å²) in [6.45, 7) is 9.66. The number of carbonyl (C=O) groups excluding carboxylic acids is 2. The summed E-state index contributed by atoms with van der Waals surface area (Å²) in [5, 5.41) is 2.65. The van der Waals surface area contributed by atoms with Gasteiger partial charge in [0.25, 0.3) is 0 Å². The third-order valence-electron chi connectivity index (χ3n) is 2.84. The van der Waals surface area contributed by atoms with Gasteiger partial charge in [-0.3, -0.25) is 4.79 Å². The molecule has 0 aromatic heterocycles. The summed E-state index contributed by atoms with van der Waals surface area (Å²) in [6.07, 6.45) is 0.0993. The lowest BCUT2D eigenvalue weighted by Gasteiger charge is -2.19. The molecule has 0 atom stereocenters. The topological polar surface area (TPSA) is 55.4 Å². The summed E-state index contributed by atoms with van der Waals surface area (Å²) in [6, 6.07) is 7.27. The molecule has 1 amide bonds. The highest BCUT2D eigenvalue weighted by Gasteiger charge is 2.15. The largest absolute Gasteiger partial charge is 0.444 e. The maximum atomic E-state index is 11.8. The number of ketones is 1. The quantitative estimate of drug-likeness (QED) is 0.522. The zero-order valence-corrected chi connectivity index (χ0v) is 14.5. The number of Topliss-reactive ketones (excluding diaryl/α,β-unsaturated/α-hetero) is 1. The van der Waals surface area contributed by atoms with Gasteiger partial charge in [-0.05, 0) is 32.9 Å². The maximum Gasteiger partial charge on any atom is 0.407 e. The summed E-state index contributed by atoms with van der Waals surface area (Å²) in [5.74, 6) is 6.12. The number of benzene rings is 1. The van der Waals surface area contributed by atoms with Gasteiger partial charge in [-0.1, -0.05) is 37.8 Å². The van der Waals surface area contributed by atoms with Crippen molar-refractivity contribution in [2.45, 2.75) is 46.6 Å². The van der Waals surface area contributed by atoms with E-state index in [9.17, 15) is 9.59 Å². The van der Waals surface area contributed by atoms with Crippen LogP contribution in [0.15, 0.2) is 24.3 Å². The van der Waals surface area contributed by atoms with Crippen molar-refractivity contribution in [2.24, 2.45) is 5.92 Å². The molecule has 1 rings (SSSR count). The Morgan fingerprint density at radius 1 is 1.17 bits per heavy atom. The van der Waals surface area contributed by atoms with E-state index < -0.39 is 11.7 Å². The normalized spacial score (nSPS) is 10.7. The van der Waals surface area contributed by atoms with E-state index >= 15 is 0 Å². The zero-order valence-electron chi connectivity index (χ0n) is 14.5. The first kappa shape index (κ1) is 18.8. The van der Waals surface area contributed by atoms with Crippen LogP contribution in [0.1, 0.15) is 57.0 Å². The van der Waals surface area contributed by atoms with Crippen LogP contribution in [0.5, 0.6) is 0 Å². The van der Waals surface area contributed by atoms with Crippen LogP contribution in [0, 0.1) is 17.8 Å². The molecule has 0 spiro atoms. The number of ether oxygens (including phenoxy) is 1. The van der Waals surface area contributed by atoms with E-state index in [1.807, 2.05) is 46.8 Å². The number of rotatable bonds is 4. The van der Waals surface area contributed by atoms with E-state index in [-0.39, 0.29) is 11.7 Å². The van der Waals surface area contributed by atoms with Crippen LogP contribution in [-0.4, -0.2) is 24.0 Å². The molecule has 0 aliphatic carbocycles. The zero-order chi connectivity index (χ0) is 17.5. The van der Waals surface area contributed by atoms with Crippen molar-refractivity contribution >= 4 is 11.9 Å². The molecule has 124 valence electrons. The van der Waals surface area contributed by atoms with Crippen LogP contribution in [-0.2, 0) is 4.74 Å². The van der Waals surface area contributed by atoms with E-state index in [0.717, 1.165) is 5.56 Å². The molecule has 0 aliphatic heterocycles. The van der Waals surface area contributed by atoms with Crippen molar-refractivity contribution < 1.29 is 14.3 Å². The molecule has 1 aromatic rings. The monoisotopic (exact) mass is 315 g/mol. The Hall–Kier alpha value is -2.28. The molecule has 0 fully saturated rings. The Morgan fingerprint density at radius 3 is 2.30 bits per heavy atom. The van der Waals surface area contributed by atoms with E-state index in [4.69, 9.17) is 4.74 Å². The second-order valence-electron chi connectivity index (χ2n) is 6.58. The molecule has 0 heterocycles. The number of nitrogens with one attached hydrogen (secondary N) is 1. The third kappa shape index (κ3) is 7.51. The molecule has 23 heavy (non-hydrogen) atoms. The van der Waals surface area contributed by atoms with Gasteiger partial charge in [-0.25, -0.2) is 4.79 Å².